The number of hydrogen-bond donors (Lipinski definition) is 1. The summed E-state index contributed by atoms with van der Waals surface area (Å²) >= 11 is 0. The summed E-state index contributed by atoms with van der Waals surface area (Å²) in [5, 5.41) is 2.26. The lowest BCUT2D eigenvalue weighted by molar-refractivity contribution is -0.144. The monoisotopic (exact) mass is 238 g/mol. The highest BCUT2D eigenvalue weighted by atomic mass is 16.6. The van der Waals surface area contributed by atoms with Crippen LogP contribution in [0.1, 0.15) is 12.8 Å². The van der Waals surface area contributed by atoms with Crippen LogP contribution in [-0.2, 0) is 14.3 Å². The molecule has 1 saturated heterocycles. The fourth-order valence-electron chi connectivity index (χ4n) is 2.19. The summed E-state index contributed by atoms with van der Waals surface area (Å²) < 4.78 is 4.74. The second kappa shape index (κ2) is 4.57. The number of fused-ring (bicyclic) bond motifs is 1. The van der Waals surface area contributed by atoms with E-state index >= 15 is 0 Å². The molecule has 0 bridgehead atoms. The molecule has 6 heteroatoms. The van der Waals surface area contributed by atoms with E-state index < -0.39 is 6.09 Å². The number of alkyl carbamates (subject to hydrolysis) is 1. The van der Waals surface area contributed by atoms with E-state index in [1.165, 1.54) is 7.05 Å². The molecule has 3 amide bonds. The molecular weight excluding hydrogens is 224 g/mol. The number of carbonyl (C=O) groups excluding carboxylic acids is 3. The van der Waals surface area contributed by atoms with Crippen molar-refractivity contribution in [1.82, 2.24) is 10.2 Å². The largest absolute Gasteiger partial charge is 0.428 e. The zero-order chi connectivity index (χ0) is 12.4. The van der Waals surface area contributed by atoms with Crippen LogP contribution in [0.4, 0.5) is 4.79 Å². The molecule has 0 spiro atoms. The zero-order valence-corrected chi connectivity index (χ0v) is 9.51. The molecule has 17 heavy (non-hydrogen) atoms. The van der Waals surface area contributed by atoms with Crippen LogP contribution in [0.15, 0.2) is 12.2 Å². The first-order chi connectivity index (χ1) is 8.15. The summed E-state index contributed by atoms with van der Waals surface area (Å²) in [7, 11) is 1.42. The average molecular weight is 238 g/mol. The first kappa shape index (κ1) is 11.6. The summed E-state index contributed by atoms with van der Waals surface area (Å²) in [4.78, 5) is 35.7. The van der Waals surface area contributed by atoms with E-state index in [-0.39, 0.29) is 30.4 Å². The standard InChI is InChI=1S/C11H14N2O4/c1-12-11(16)17-6-13-9(14)7-4-2-3-5-8(7)10(13)15/h2-3,7-8H,4-6H2,1H3,(H,12,16). The molecule has 1 N–H and O–H groups in total. The first-order valence-corrected chi connectivity index (χ1v) is 5.50. The van der Waals surface area contributed by atoms with Gasteiger partial charge in [-0.3, -0.25) is 9.59 Å². The van der Waals surface area contributed by atoms with Crippen LogP contribution in [0.25, 0.3) is 0 Å². The molecule has 2 unspecified atom stereocenters. The first-order valence-electron chi connectivity index (χ1n) is 5.50. The van der Waals surface area contributed by atoms with Crippen molar-refractivity contribution >= 4 is 17.9 Å². The number of allylic oxidation sites excluding steroid dienone is 2. The van der Waals surface area contributed by atoms with Crippen LogP contribution in [0, 0.1) is 11.8 Å². The molecule has 0 aromatic rings. The Kier molecular flexibility index (Phi) is 3.12. The summed E-state index contributed by atoms with van der Waals surface area (Å²) in [5.41, 5.74) is 0. The van der Waals surface area contributed by atoms with Gasteiger partial charge in [0, 0.05) is 7.05 Å². The number of likely N-dealkylation sites (tertiary alicyclic amines) is 1. The van der Waals surface area contributed by atoms with E-state index in [0.717, 1.165) is 4.90 Å². The number of imide groups is 1. The van der Waals surface area contributed by atoms with Crippen molar-refractivity contribution in [1.29, 1.82) is 0 Å². The van der Waals surface area contributed by atoms with Gasteiger partial charge in [0.1, 0.15) is 0 Å². The maximum absolute atomic E-state index is 11.9. The van der Waals surface area contributed by atoms with Crippen molar-refractivity contribution in [2.24, 2.45) is 11.8 Å². The number of nitrogens with one attached hydrogen (secondary N) is 1. The SMILES string of the molecule is CNC(=O)OCN1C(=O)C2CC=CCC2C1=O. The molecule has 0 radical (unpaired) electrons. The van der Waals surface area contributed by atoms with Gasteiger partial charge in [0.15, 0.2) is 6.73 Å². The normalized spacial score (nSPS) is 27.0. The Bertz CT molecular complexity index is 365. The van der Waals surface area contributed by atoms with E-state index in [1.54, 1.807) is 0 Å². The minimum Gasteiger partial charge on any atom is -0.428 e. The van der Waals surface area contributed by atoms with Gasteiger partial charge in [0.2, 0.25) is 11.8 Å². The maximum atomic E-state index is 11.9. The highest BCUT2D eigenvalue weighted by Crippen LogP contribution is 2.34. The van der Waals surface area contributed by atoms with Crippen LogP contribution in [0.3, 0.4) is 0 Å². The van der Waals surface area contributed by atoms with E-state index in [1.807, 2.05) is 12.2 Å². The highest BCUT2D eigenvalue weighted by Gasteiger charge is 2.47. The summed E-state index contributed by atoms with van der Waals surface area (Å²) in [5.74, 6) is -1.04. The van der Waals surface area contributed by atoms with Crippen LogP contribution in [0.2, 0.25) is 0 Å². The predicted molar refractivity (Wildman–Crippen MR) is 57.6 cm³/mol. The molecule has 6 nitrogen and oxygen atoms in total. The fourth-order valence-corrected chi connectivity index (χ4v) is 2.19. The second-order valence-electron chi connectivity index (χ2n) is 4.07. The highest BCUT2D eigenvalue weighted by molar-refractivity contribution is 6.05. The van der Waals surface area contributed by atoms with Crippen molar-refractivity contribution in [2.45, 2.75) is 12.8 Å². The number of hydrogen-bond acceptors (Lipinski definition) is 4. The molecule has 1 aliphatic carbocycles. The van der Waals surface area contributed by atoms with Crippen LogP contribution < -0.4 is 5.32 Å². The molecule has 0 aromatic heterocycles. The molecule has 92 valence electrons. The van der Waals surface area contributed by atoms with Gasteiger partial charge in [-0.2, -0.15) is 0 Å². The number of nitrogens with zero attached hydrogens (tertiary/aromatic N) is 1. The fraction of sp³-hybridized carbons (Fsp3) is 0.545. The van der Waals surface area contributed by atoms with E-state index in [9.17, 15) is 14.4 Å². The zero-order valence-electron chi connectivity index (χ0n) is 9.51. The third kappa shape index (κ3) is 2.02. The van der Waals surface area contributed by atoms with Gasteiger partial charge in [0.25, 0.3) is 0 Å². The van der Waals surface area contributed by atoms with Crippen LogP contribution >= 0.6 is 0 Å². The molecule has 0 aromatic carbocycles. The number of amides is 3. The van der Waals surface area contributed by atoms with Crippen molar-refractivity contribution < 1.29 is 19.1 Å². The van der Waals surface area contributed by atoms with Crippen LogP contribution in [0.5, 0.6) is 0 Å². The smallest absolute Gasteiger partial charge is 0.408 e. The summed E-state index contributed by atoms with van der Waals surface area (Å²) in [6.07, 6.45) is 4.35. The number of rotatable bonds is 2. The van der Waals surface area contributed by atoms with Crippen LogP contribution in [-0.4, -0.2) is 36.6 Å². The van der Waals surface area contributed by atoms with E-state index in [4.69, 9.17) is 4.74 Å². The third-order valence-corrected chi connectivity index (χ3v) is 3.13. The lowest BCUT2D eigenvalue weighted by Crippen LogP contribution is -2.36. The van der Waals surface area contributed by atoms with Gasteiger partial charge < -0.3 is 10.1 Å². The van der Waals surface area contributed by atoms with Gasteiger partial charge in [-0.05, 0) is 12.8 Å². The Labute approximate surface area is 98.6 Å². The van der Waals surface area contributed by atoms with Gasteiger partial charge in [-0.25, -0.2) is 9.69 Å². The minimum absolute atomic E-state index is 0.242. The Morgan fingerprint density at radius 3 is 2.35 bits per heavy atom. The molecule has 2 aliphatic rings. The summed E-state index contributed by atoms with van der Waals surface area (Å²) in [6.45, 7) is -0.301. The number of carbonyl (C=O) groups is 3. The van der Waals surface area contributed by atoms with Gasteiger partial charge >= 0.3 is 6.09 Å². The van der Waals surface area contributed by atoms with Crippen molar-refractivity contribution in [2.75, 3.05) is 13.8 Å². The Balaban J connectivity index is 2.02. The molecule has 2 rings (SSSR count). The van der Waals surface area contributed by atoms with Gasteiger partial charge in [-0.1, -0.05) is 12.2 Å². The maximum Gasteiger partial charge on any atom is 0.408 e. The second-order valence-corrected chi connectivity index (χ2v) is 4.07. The van der Waals surface area contributed by atoms with E-state index in [2.05, 4.69) is 5.32 Å². The lowest BCUT2D eigenvalue weighted by atomic mass is 9.85. The van der Waals surface area contributed by atoms with Crippen molar-refractivity contribution in [3.05, 3.63) is 12.2 Å². The minimum atomic E-state index is -0.654. The molecule has 0 saturated carbocycles. The molecular formula is C11H14N2O4. The van der Waals surface area contributed by atoms with Crippen molar-refractivity contribution in [3.63, 3.8) is 0 Å². The van der Waals surface area contributed by atoms with Gasteiger partial charge in [0.05, 0.1) is 11.8 Å². The lowest BCUT2D eigenvalue weighted by Gasteiger charge is -2.14. The Hall–Kier alpha value is -1.85. The molecule has 1 aliphatic heterocycles. The summed E-state index contributed by atoms with van der Waals surface area (Å²) in [6, 6.07) is 0. The Morgan fingerprint density at radius 1 is 1.35 bits per heavy atom. The molecule has 1 heterocycles. The topological polar surface area (TPSA) is 75.7 Å². The van der Waals surface area contributed by atoms with Gasteiger partial charge in [-0.15, -0.1) is 0 Å². The third-order valence-electron chi connectivity index (χ3n) is 3.13. The molecule has 2 atom stereocenters. The Morgan fingerprint density at radius 2 is 1.88 bits per heavy atom. The quantitative estimate of drug-likeness (QED) is 0.552. The average Bonchev–Trinajstić information content (AvgIpc) is 2.60. The predicted octanol–water partition coefficient (Wildman–Crippen LogP) is 0.251. The number of ether oxygens (including phenoxy) is 1. The van der Waals surface area contributed by atoms with E-state index in [0.29, 0.717) is 12.8 Å². The van der Waals surface area contributed by atoms with Crippen molar-refractivity contribution in [3.8, 4) is 0 Å². The molecule has 1 fully saturated rings.